The van der Waals surface area contributed by atoms with Crippen LogP contribution in [0.4, 0.5) is 0 Å². The molecular weight excluding hydrogens is 344 g/mol. The Balaban J connectivity index is 3.74. The van der Waals surface area contributed by atoms with Crippen LogP contribution in [0, 0.1) is 0 Å². The van der Waals surface area contributed by atoms with Gasteiger partial charge in [-0.05, 0) is 25.7 Å². The van der Waals surface area contributed by atoms with E-state index >= 15 is 0 Å². The molecule has 0 radical (unpaired) electrons. The Morgan fingerprint density at radius 1 is 0.393 bits per heavy atom. The first-order chi connectivity index (χ1) is 13.8. The summed E-state index contributed by atoms with van der Waals surface area (Å²) in [5, 5.41) is 0. The first-order valence-electron chi connectivity index (χ1n) is 13.1. The van der Waals surface area contributed by atoms with Crippen LogP contribution in [-0.2, 0) is 9.47 Å². The van der Waals surface area contributed by atoms with Gasteiger partial charge in [0, 0.05) is 13.2 Å². The number of rotatable bonds is 24. The number of unbranched alkanes of at least 4 members (excludes halogenated alkanes) is 16. The van der Waals surface area contributed by atoms with Crippen molar-refractivity contribution in [2.45, 2.75) is 155 Å². The molecular formula is C26H54O2. The van der Waals surface area contributed by atoms with E-state index in [-0.39, 0.29) is 6.29 Å². The van der Waals surface area contributed by atoms with Crippen LogP contribution < -0.4 is 0 Å². The quantitative estimate of drug-likeness (QED) is 0.119. The molecule has 0 aliphatic rings. The maximum absolute atomic E-state index is 6.10. The van der Waals surface area contributed by atoms with Crippen molar-refractivity contribution in [1.29, 1.82) is 0 Å². The van der Waals surface area contributed by atoms with Crippen LogP contribution in [0.3, 0.4) is 0 Å². The molecule has 1 unspecified atom stereocenters. The molecule has 0 aromatic heterocycles. The fourth-order valence-corrected chi connectivity index (χ4v) is 3.68. The standard InChI is InChI=1S/C26H54O2/c1-4-7-10-13-15-16-17-18-20-23-26(27-24-21-12-9-6-3)28-25-22-19-14-11-8-5-2/h26H,4-25H2,1-3H3. The zero-order valence-corrected chi connectivity index (χ0v) is 20.0. The van der Waals surface area contributed by atoms with Gasteiger partial charge in [0.2, 0.25) is 0 Å². The highest BCUT2D eigenvalue weighted by atomic mass is 16.7. The van der Waals surface area contributed by atoms with E-state index in [1.165, 1.54) is 122 Å². The molecule has 0 saturated heterocycles. The van der Waals surface area contributed by atoms with Gasteiger partial charge in [0.15, 0.2) is 6.29 Å². The molecule has 0 spiro atoms. The van der Waals surface area contributed by atoms with Crippen LogP contribution in [0.25, 0.3) is 0 Å². The second-order valence-electron chi connectivity index (χ2n) is 8.62. The SMILES string of the molecule is CCCCCCCCCCCC(OCCCCCC)OCCCCCCCC. The first kappa shape index (κ1) is 27.9. The van der Waals surface area contributed by atoms with Crippen molar-refractivity contribution in [2.24, 2.45) is 0 Å². The second kappa shape index (κ2) is 25.0. The van der Waals surface area contributed by atoms with Gasteiger partial charge in [-0.2, -0.15) is 0 Å². The molecule has 0 fully saturated rings. The molecule has 0 rings (SSSR count). The van der Waals surface area contributed by atoms with Gasteiger partial charge in [-0.1, -0.05) is 124 Å². The lowest BCUT2D eigenvalue weighted by Gasteiger charge is -2.19. The highest BCUT2D eigenvalue weighted by Crippen LogP contribution is 2.14. The summed E-state index contributed by atoms with van der Waals surface area (Å²) >= 11 is 0. The molecule has 0 amide bonds. The highest BCUT2D eigenvalue weighted by molar-refractivity contribution is 4.52. The molecule has 0 aromatic carbocycles. The summed E-state index contributed by atoms with van der Waals surface area (Å²) in [6.45, 7) is 8.58. The zero-order chi connectivity index (χ0) is 20.5. The minimum absolute atomic E-state index is 0.0434. The molecule has 0 aliphatic carbocycles. The van der Waals surface area contributed by atoms with Crippen molar-refractivity contribution in [2.75, 3.05) is 13.2 Å². The van der Waals surface area contributed by atoms with Crippen molar-refractivity contribution >= 4 is 0 Å². The van der Waals surface area contributed by atoms with Gasteiger partial charge < -0.3 is 9.47 Å². The Labute approximate surface area is 178 Å². The highest BCUT2D eigenvalue weighted by Gasteiger charge is 2.09. The Kier molecular flexibility index (Phi) is 24.9. The van der Waals surface area contributed by atoms with Crippen molar-refractivity contribution in [1.82, 2.24) is 0 Å². The average molecular weight is 399 g/mol. The van der Waals surface area contributed by atoms with Gasteiger partial charge in [-0.15, -0.1) is 0 Å². The van der Waals surface area contributed by atoms with E-state index in [1.54, 1.807) is 0 Å². The minimum atomic E-state index is 0.0434. The predicted molar refractivity (Wildman–Crippen MR) is 125 cm³/mol. The van der Waals surface area contributed by atoms with Crippen LogP contribution in [-0.4, -0.2) is 19.5 Å². The molecule has 28 heavy (non-hydrogen) atoms. The van der Waals surface area contributed by atoms with E-state index in [2.05, 4.69) is 20.8 Å². The van der Waals surface area contributed by atoms with E-state index in [1.807, 2.05) is 0 Å². The largest absolute Gasteiger partial charge is 0.353 e. The van der Waals surface area contributed by atoms with Crippen LogP contribution >= 0.6 is 0 Å². The summed E-state index contributed by atoms with van der Waals surface area (Å²) in [7, 11) is 0. The monoisotopic (exact) mass is 398 g/mol. The van der Waals surface area contributed by atoms with E-state index < -0.39 is 0 Å². The Bertz CT molecular complexity index is 267. The smallest absolute Gasteiger partial charge is 0.157 e. The molecule has 0 heterocycles. The fourth-order valence-electron chi connectivity index (χ4n) is 3.68. The summed E-state index contributed by atoms with van der Waals surface area (Å²) < 4.78 is 12.2. The maximum atomic E-state index is 6.10. The van der Waals surface area contributed by atoms with Crippen molar-refractivity contribution < 1.29 is 9.47 Å². The lowest BCUT2D eigenvalue weighted by Crippen LogP contribution is -2.19. The molecule has 2 heteroatoms. The van der Waals surface area contributed by atoms with Gasteiger partial charge in [0.25, 0.3) is 0 Å². The molecule has 2 nitrogen and oxygen atoms in total. The lowest BCUT2D eigenvalue weighted by molar-refractivity contribution is -0.148. The summed E-state index contributed by atoms with van der Waals surface area (Å²) in [6.07, 6.45) is 26.6. The van der Waals surface area contributed by atoms with Crippen LogP contribution in [0.2, 0.25) is 0 Å². The Morgan fingerprint density at radius 3 is 1.14 bits per heavy atom. The minimum Gasteiger partial charge on any atom is -0.353 e. The molecule has 170 valence electrons. The normalized spacial score (nSPS) is 12.5. The van der Waals surface area contributed by atoms with E-state index in [0.29, 0.717) is 0 Å². The maximum Gasteiger partial charge on any atom is 0.157 e. The molecule has 0 bridgehead atoms. The van der Waals surface area contributed by atoms with Crippen LogP contribution in [0.1, 0.15) is 149 Å². The third-order valence-electron chi connectivity index (χ3n) is 5.65. The van der Waals surface area contributed by atoms with Gasteiger partial charge in [-0.3, -0.25) is 0 Å². The molecule has 0 aromatic rings. The summed E-state index contributed by atoms with van der Waals surface area (Å²) in [4.78, 5) is 0. The number of hydrogen-bond acceptors (Lipinski definition) is 2. The topological polar surface area (TPSA) is 18.5 Å². The Hall–Kier alpha value is -0.0800. The van der Waals surface area contributed by atoms with E-state index in [4.69, 9.17) is 9.47 Å². The van der Waals surface area contributed by atoms with Crippen molar-refractivity contribution in [3.05, 3.63) is 0 Å². The third-order valence-corrected chi connectivity index (χ3v) is 5.65. The molecule has 0 saturated carbocycles. The average Bonchev–Trinajstić information content (AvgIpc) is 2.71. The number of hydrogen-bond donors (Lipinski definition) is 0. The van der Waals surface area contributed by atoms with E-state index in [9.17, 15) is 0 Å². The molecule has 1 atom stereocenters. The van der Waals surface area contributed by atoms with Gasteiger partial charge in [0.05, 0.1) is 0 Å². The Morgan fingerprint density at radius 2 is 0.714 bits per heavy atom. The van der Waals surface area contributed by atoms with E-state index in [0.717, 1.165) is 19.6 Å². The molecule has 0 N–H and O–H groups in total. The second-order valence-corrected chi connectivity index (χ2v) is 8.62. The van der Waals surface area contributed by atoms with Crippen LogP contribution in [0.15, 0.2) is 0 Å². The first-order valence-corrected chi connectivity index (χ1v) is 13.1. The van der Waals surface area contributed by atoms with Crippen molar-refractivity contribution in [3.63, 3.8) is 0 Å². The van der Waals surface area contributed by atoms with Gasteiger partial charge in [0.1, 0.15) is 0 Å². The summed E-state index contributed by atoms with van der Waals surface area (Å²) in [5.41, 5.74) is 0. The van der Waals surface area contributed by atoms with Crippen molar-refractivity contribution in [3.8, 4) is 0 Å². The van der Waals surface area contributed by atoms with Crippen LogP contribution in [0.5, 0.6) is 0 Å². The zero-order valence-electron chi connectivity index (χ0n) is 20.0. The van der Waals surface area contributed by atoms with Gasteiger partial charge in [-0.25, -0.2) is 0 Å². The van der Waals surface area contributed by atoms with Gasteiger partial charge >= 0.3 is 0 Å². The number of ether oxygens (including phenoxy) is 2. The predicted octanol–water partition coefficient (Wildman–Crippen LogP) is 9.21. The fraction of sp³-hybridized carbons (Fsp3) is 1.00. The summed E-state index contributed by atoms with van der Waals surface area (Å²) in [5.74, 6) is 0. The lowest BCUT2D eigenvalue weighted by atomic mass is 10.1. The third kappa shape index (κ3) is 22.2. The summed E-state index contributed by atoms with van der Waals surface area (Å²) in [6, 6.07) is 0. The molecule has 0 aliphatic heterocycles.